The highest BCUT2D eigenvalue weighted by molar-refractivity contribution is 6.19. The van der Waals surface area contributed by atoms with E-state index in [1.165, 1.54) is 10.5 Å². The van der Waals surface area contributed by atoms with Gasteiger partial charge < -0.3 is 15.5 Å². The molecule has 8 nitrogen and oxygen atoms in total. The lowest BCUT2D eigenvalue weighted by atomic mass is 10.0. The van der Waals surface area contributed by atoms with E-state index in [2.05, 4.69) is 34.5 Å². The monoisotopic (exact) mass is 497 g/mol. The average molecular weight is 498 g/mol. The highest BCUT2D eigenvalue weighted by atomic mass is 16.2. The molecule has 0 fully saturated rings. The number of fused-ring (bicyclic) bond motifs is 1. The largest absolute Gasteiger partial charge is 0.344 e. The molecule has 0 radical (unpaired) electrons. The van der Waals surface area contributed by atoms with Crippen molar-refractivity contribution in [1.82, 2.24) is 15.6 Å². The Bertz CT molecular complexity index is 1320. The first-order valence-electron chi connectivity index (χ1n) is 12.3. The molecule has 0 aliphatic carbocycles. The summed E-state index contributed by atoms with van der Waals surface area (Å²) in [5, 5.41) is 5.42. The summed E-state index contributed by atoms with van der Waals surface area (Å²) in [4.78, 5) is 49.4. The number of likely N-dealkylation sites (N-methyl/N-ethyl adjacent to an activating group) is 1. The lowest BCUT2D eigenvalue weighted by Crippen LogP contribution is -2.52. The fourth-order valence-corrected chi connectivity index (χ4v) is 4.15. The van der Waals surface area contributed by atoms with E-state index in [1.807, 2.05) is 54.6 Å². The van der Waals surface area contributed by atoms with Gasteiger partial charge in [0.2, 0.25) is 18.0 Å². The number of amides is 3. The number of benzene rings is 2. The van der Waals surface area contributed by atoms with Crippen LogP contribution in [0.4, 0.5) is 5.69 Å². The van der Waals surface area contributed by atoms with Crippen LogP contribution in [0.25, 0.3) is 0 Å². The molecule has 0 spiro atoms. The van der Waals surface area contributed by atoms with Crippen LogP contribution in [-0.4, -0.2) is 47.7 Å². The van der Waals surface area contributed by atoms with E-state index < -0.39 is 24.0 Å². The van der Waals surface area contributed by atoms with Crippen LogP contribution in [0.5, 0.6) is 0 Å². The van der Waals surface area contributed by atoms with Gasteiger partial charge in [-0.2, -0.15) is 0 Å². The zero-order valence-corrected chi connectivity index (χ0v) is 21.4. The molecule has 2 atom stereocenters. The number of anilines is 1. The normalized spacial score (nSPS) is 15.9. The highest BCUT2D eigenvalue weighted by Crippen LogP contribution is 2.26. The Labute approximate surface area is 216 Å². The van der Waals surface area contributed by atoms with Gasteiger partial charge in [-0.15, -0.1) is 0 Å². The van der Waals surface area contributed by atoms with Gasteiger partial charge in [-0.05, 0) is 42.2 Å². The molecule has 0 bridgehead atoms. The molecule has 8 heteroatoms. The number of carbonyl (C=O) groups excluding carboxylic acids is 3. The third-order valence-corrected chi connectivity index (χ3v) is 6.31. The summed E-state index contributed by atoms with van der Waals surface area (Å²) >= 11 is 0. The Morgan fingerprint density at radius 1 is 0.973 bits per heavy atom. The van der Waals surface area contributed by atoms with E-state index >= 15 is 0 Å². The summed E-state index contributed by atoms with van der Waals surface area (Å²) in [6, 6.07) is 19.8. The smallest absolute Gasteiger partial charge is 0.272 e. The SMILES string of the molecule is CC(C)c1ccc(CC(=O)N[C@@H](C)C(=O)NC2N=C(c3ccccn3)c3ccccc3N(C)C2=O)cc1. The first-order chi connectivity index (χ1) is 17.7. The highest BCUT2D eigenvalue weighted by Gasteiger charge is 2.32. The number of para-hydroxylation sites is 1. The van der Waals surface area contributed by atoms with Gasteiger partial charge in [0.05, 0.1) is 23.5 Å². The fourth-order valence-electron chi connectivity index (χ4n) is 4.15. The minimum atomic E-state index is -1.18. The first-order valence-corrected chi connectivity index (χ1v) is 12.3. The Morgan fingerprint density at radius 2 is 1.68 bits per heavy atom. The maximum Gasteiger partial charge on any atom is 0.272 e. The van der Waals surface area contributed by atoms with Crippen LogP contribution in [0.2, 0.25) is 0 Å². The molecule has 2 aromatic carbocycles. The zero-order chi connectivity index (χ0) is 26.5. The number of aromatic nitrogens is 1. The molecule has 37 heavy (non-hydrogen) atoms. The molecule has 1 aliphatic heterocycles. The van der Waals surface area contributed by atoms with Crippen molar-refractivity contribution in [3.63, 3.8) is 0 Å². The van der Waals surface area contributed by atoms with Gasteiger partial charge in [0.15, 0.2) is 0 Å². The van der Waals surface area contributed by atoms with E-state index in [-0.39, 0.29) is 12.3 Å². The third-order valence-electron chi connectivity index (χ3n) is 6.31. The van der Waals surface area contributed by atoms with E-state index in [1.54, 1.807) is 32.3 Å². The predicted molar refractivity (Wildman–Crippen MR) is 143 cm³/mol. The average Bonchev–Trinajstić information content (AvgIpc) is 3.00. The first kappa shape index (κ1) is 25.8. The van der Waals surface area contributed by atoms with E-state index in [4.69, 9.17) is 0 Å². The van der Waals surface area contributed by atoms with E-state index in [0.29, 0.717) is 23.0 Å². The summed E-state index contributed by atoms with van der Waals surface area (Å²) in [5.41, 5.74) is 4.54. The minimum Gasteiger partial charge on any atom is -0.344 e. The summed E-state index contributed by atoms with van der Waals surface area (Å²) in [5.74, 6) is -0.777. The lowest BCUT2D eigenvalue weighted by Gasteiger charge is -2.22. The fraction of sp³-hybridized carbons (Fsp3) is 0.276. The summed E-state index contributed by atoms with van der Waals surface area (Å²) in [6.07, 6.45) is 0.626. The van der Waals surface area contributed by atoms with Crippen molar-refractivity contribution >= 4 is 29.1 Å². The van der Waals surface area contributed by atoms with Gasteiger partial charge in [0.1, 0.15) is 6.04 Å². The van der Waals surface area contributed by atoms with Crippen LogP contribution in [0.3, 0.4) is 0 Å². The Kier molecular flexibility index (Phi) is 7.77. The van der Waals surface area contributed by atoms with Crippen LogP contribution >= 0.6 is 0 Å². The molecule has 3 amide bonds. The van der Waals surface area contributed by atoms with E-state index in [0.717, 1.165) is 11.1 Å². The number of pyridine rings is 1. The second kappa shape index (κ2) is 11.2. The van der Waals surface area contributed by atoms with Gasteiger partial charge in [-0.3, -0.25) is 19.4 Å². The minimum absolute atomic E-state index is 0.151. The molecule has 0 saturated heterocycles. The van der Waals surface area contributed by atoms with Crippen LogP contribution < -0.4 is 15.5 Å². The van der Waals surface area contributed by atoms with Gasteiger partial charge in [0.25, 0.3) is 5.91 Å². The Morgan fingerprint density at radius 3 is 2.35 bits per heavy atom. The number of benzodiazepines with no additional fused rings is 1. The quantitative estimate of drug-likeness (QED) is 0.523. The molecule has 190 valence electrons. The van der Waals surface area contributed by atoms with Crippen molar-refractivity contribution in [3.8, 4) is 0 Å². The van der Waals surface area contributed by atoms with Crippen LogP contribution in [0.15, 0.2) is 77.9 Å². The van der Waals surface area contributed by atoms with Crippen molar-refractivity contribution in [1.29, 1.82) is 0 Å². The number of carbonyl (C=O) groups is 3. The van der Waals surface area contributed by atoms with Crippen LogP contribution in [0.1, 0.15) is 49.1 Å². The number of hydrogen-bond acceptors (Lipinski definition) is 5. The van der Waals surface area contributed by atoms with E-state index in [9.17, 15) is 14.4 Å². The molecule has 4 rings (SSSR count). The number of hydrogen-bond donors (Lipinski definition) is 2. The van der Waals surface area contributed by atoms with Gasteiger partial charge >= 0.3 is 0 Å². The predicted octanol–water partition coefficient (Wildman–Crippen LogP) is 3.21. The number of nitrogens with one attached hydrogen (secondary N) is 2. The summed E-state index contributed by atoms with van der Waals surface area (Å²) in [7, 11) is 1.65. The zero-order valence-electron chi connectivity index (χ0n) is 21.4. The second-order valence-electron chi connectivity index (χ2n) is 9.38. The maximum absolute atomic E-state index is 13.3. The molecule has 0 saturated carbocycles. The Hall–Kier alpha value is -4.33. The third kappa shape index (κ3) is 5.91. The van der Waals surface area contributed by atoms with Crippen LogP contribution in [-0.2, 0) is 20.8 Å². The summed E-state index contributed by atoms with van der Waals surface area (Å²) in [6.45, 7) is 5.81. The number of nitrogens with zero attached hydrogens (tertiary/aromatic N) is 3. The van der Waals surface area contributed by atoms with Crippen LogP contribution in [0, 0.1) is 0 Å². The Balaban J connectivity index is 1.49. The van der Waals surface area contributed by atoms with Crippen molar-refractivity contribution < 1.29 is 14.4 Å². The maximum atomic E-state index is 13.3. The molecule has 2 heterocycles. The van der Waals surface area contributed by atoms with Gasteiger partial charge in [-0.25, -0.2) is 4.99 Å². The molecule has 1 aromatic heterocycles. The van der Waals surface area contributed by atoms with Crippen molar-refractivity contribution in [3.05, 3.63) is 95.3 Å². The number of rotatable bonds is 7. The molecule has 1 unspecified atom stereocenters. The van der Waals surface area contributed by atoms with Crippen molar-refractivity contribution in [2.75, 3.05) is 11.9 Å². The molecule has 1 aliphatic rings. The van der Waals surface area contributed by atoms with Gasteiger partial charge in [-0.1, -0.05) is 62.4 Å². The lowest BCUT2D eigenvalue weighted by molar-refractivity contribution is -0.130. The second-order valence-corrected chi connectivity index (χ2v) is 9.38. The topological polar surface area (TPSA) is 104 Å². The number of aliphatic imine (C=N–C) groups is 1. The van der Waals surface area contributed by atoms with Gasteiger partial charge in [0, 0.05) is 18.8 Å². The molecule has 3 aromatic rings. The van der Waals surface area contributed by atoms with Crippen molar-refractivity contribution in [2.24, 2.45) is 4.99 Å². The summed E-state index contributed by atoms with van der Waals surface area (Å²) < 4.78 is 0. The molecular weight excluding hydrogens is 466 g/mol. The van der Waals surface area contributed by atoms with Crippen molar-refractivity contribution in [2.45, 2.75) is 45.3 Å². The molecule has 2 N–H and O–H groups in total. The standard InChI is InChI=1S/C29H31N5O3/c1-18(2)21-14-12-20(13-15-21)17-25(35)31-19(3)28(36)33-27-29(37)34(4)24-11-6-5-9-22(24)26(32-27)23-10-7-8-16-30-23/h5-16,18-19,27H,17H2,1-4H3,(H,31,35)(H,33,36)/t19-,27?/m0/s1. The molecular formula is C29H31N5O3.